The van der Waals surface area contributed by atoms with Gasteiger partial charge in [0.05, 0.1) is 0 Å². The van der Waals surface area contributed by atoms with Gasteiger partial charge in [-0.15, -0.1) is 0 Å². The van der Waals surface area contributed by atoms with Crippen LogP contribution in [0.2, 0.25) is 0 Å². The van der Waals surface area contributed by atoms with E-state index in [1.165, 1.54) is 57.8 Å². The molecule has 7 atom stereocenters. The van der Waals surface area contributed by atoms with Gasteiger partial charge in [-0.25, -0.2) is 5.84 Å². The molecule has 4 fully saturated rings. The second-order valence-electron chi connectivity index (χ2n) is 9.59. The summed E-state index contributed by atoms with van der Waals surface area (Å²) in [5, 5.41) is 0. The molecule has 0 bridgehead atoms. The number of hydrazine groups is 1. The van der Waals surface area contributed by atoms with Gasteiger partial charge < -0.3 is 0 Å². The number of hydrogen-bond donors (Lipinski definition) is 2. The Bertz CT molecular complexity index is 492. The highest BCUT2D eigenvalue weighted by Gasteiger charge is 2.60. The zero-order chi connectivity index (χ0) is 16.2. The summed E-state index contributed by atoms with van der Waals surface area (Å²) in [5.41, 5.74) is 3.24. The summed E-state index contributed by atoms with van der Waals surface area (Å²) in [6.45, 7) is 5.02. The molecule has 4 aliphatic carbocycles. The molecule has 0 aliphatic heterocycles. The lowest BCUT2D eigenvalue weighted by molar-refractivity contribution is -0.137. The molecule has 4 rings (SSSR count). The van der Waals surface area contributed by atoms with Crippen molar-refractivity contribution in [1.82, 2.24) is 5.43 Å². The van der Waals surface area contributed by atoms with Crippen LogP contribution < -0.4 is 11.3 Å². The van der Waals surface area contributed by atoms with E-state index in [1.807, 2.05) is 0 Å². The zero-order valence-corrected chi connectivity index (χ0v) is 14.9. The van der Waals surface area contributed by atoms with Crippen LogP contribution in [0.15, 0.2) is 0 Å². The van der Waals surface area contributed by atoms with Crippen molar-refractivity contribution in [1.29, 1.82) is 0 Å². The Kier molecular flexibility index (Phi) is 3.79. The summed E-state index contributed by atoms with van der Waals surface area (Å²) in [6.07, 6.45) is 13.6. The van der Waals surface area contributed by atoms with Crippen molar-refractivity contribution in [3.8, 4) is 0 Å². The summed E-state index contributed by atoms with van der Waals surface area (Å²) in [6, 6.07) is 0. The van der Waals surface area contributed by atoms with E-state index in [0.29, 0.717) is 5.41 Å². The molecule has 0 unspecified atom stereocenters. The van der Waals surface area contributed by atoms with E-state index >= 15 is 0 Å². The van der Waals surface area contributed by atoms with Gasteiger partial charge in [0.2, 0.25) is 5.91 Å². The van der Waals surface area contributed by atoms with Crippen molar-refractivity contribution in [3.63, 3.8) is 0 Å². The fourth-order valence-corrected chi connectivity index (χ4v) is 7.83. The molecule has 4 aliphatic rings. The quantitative estimate of drug-likeness (QED) is 0.436. The molecule has 0 aromatic carbocycles. The molecule has 3 heteroatoms. The van der Waals surface area contributed by atoms with Crippen LogP contribution in [-0.4, -0.2) is 5.91 Å². The number of nitrogens with two attached hydrogens (primary N) is 1. The average molecular weight is 319 g/mol. The van der Waals surface area contributed by atoms with Gasteiger partial charge in [0, 0.05) is 5.92 Å². The third kappa shape index (κ3) is 2.14. The normalized spacial score (nSPS) is 52.2. The molecule has 130 valence electrons. The van der Waals surface area contributed by atoms with Crippen molar-refractivity contribution in [2.24, 2.45) is 46.3 Å². The molecular formula is C20H34N2O. The average Bonchev–Trinajstić information content (AvgIpc) is 2.91. The van der Waals surface area contributed by atoms with E-state index in [9.17, 15) is 4.79 Å². The maximum atomic E-state index is 12.3. The van der Waals surface area contributed by atoms with Gasteiger partial charge in [-0.1, -0.05) is 26.7 Å². The number of amides is 1. The van der Waals surface area contributed by atoms with Crippen LogP contribution in [0.5, 0.6) is 0 Å². The lowest BCUT2D eigenvalue weighted by atomic mass is 9.45. The molecule has 0 saturated heterocycles. The molecule has 23 heavy (non-hydrogen) atoms. The van der Waals surface area contributed by atoms with E-state index in [0.717, 1.165) is 30.1 Å². The zero-order valence-electron chi connectivity index (χ0n) is 14.9. The predicted molar refractivity (Wildman–Crippen MR) is 92.2 cm³/mol. The molecule has 1 amide bonds. The Morgan fingerprint density at radius 3 is 2.48 bits per heavy atom. The van der Waals surface area contributed by atoms with Crippen LogP contribution >= 0.6 is 0 Å². The van der Waals surface area contributed by atoms with Crippen LogP contribution in [0.3, 0.4) is 0 Å². The molecule has 0 aromatic heterocycles. The van der Waals surface area contributed by atoms with E-state index in [1.54, 1.807) is 0 Å². The highest BCUT2D eigenvalue weighted by atomic mass is 16.2. The number of hydrogen-bond acceptors (Lipinski definition) is 2. The minimum Gasteiger partial charge on any atom is -0.294 e. The second-order valence-corrected chi connectivity index (χ2v) is 9.59. The smallest absolute Gasteiger partial charge is 0.237 e. The summed E-state index contributed by atoms with van der Waals surface area (Å²) in [5.74, 6) is 9.22. The predicted octanol–water partition coefficient (Wildman–Crippen LogP) is 4.03. The molecule has 0 aromatic rings. The number of carbonyl (C=O) groups is 1. The Labute approximate surface area is 141 Å². The first-order valence-corrected chi connectivity index (χ1v) is 10.0. The number of nitrogens with one attached hydrogen (secondary N) is 1. The Morgan fingerprint density at radius 2 is 1.70 bits per heavy atom. The fraction of sp³-hybridized carbons (Fsp3) is 0.950. The first-order chi connectivity index (χ1) is 11.0. The van der Waals surface area contributed by atoms with Gasteiger partial charge >= 0.3 is 0 Å². The van der Waals surface area contributed by atoms with Crippen LogP contribution in [0.25, 0.3) is 0 Å². The van der Waals surface area contributed by atoms with Crippen LogP contribution in [-0.2, 0) is 4.79 Å². The van der Waals surface area contributed by atoms with Gasteiger partial charge in [0.15, 0.2) is 0 Å². The third-order valence-corrected chi connectivity index (χ3v) is 9.04. The van der Waals surface area contributed by atoms with Gasteiger partial charge in [-0.3, -0.25) is 10.2 Å². The minimum atomic E-state index is 0.0889. The molecule has 4 saturated carbocycles. The molecule has 0 radical (unpaired) electrons. The Balaban J connectivity index is 1.61. The number of fused-ring (bicyclic) bond motifs is 5. The van der Waals surface area contributed by atoms with E-state index in [-0.39, 0.29) is 17.2 Å². The molecular weight excluding hydrogens is 284 g/mol. The maximum Gasteiger partial charge on any atom is 0.237 e. The van der Waals surface area contributed by atoms with Crippen molar-refractivity contribution in [2.75, 3.05) is 0 Å². The summed E-state index contributed by atoms with van der Waals surface area (Å²) >= 11 is 0. The van der Waals surface area contributed by atoms with Crippen molar-refractivity contribution < 1.29 is 4.79 Å². The van der Waals surface area contributed by atoms with E-state index < -0.39 is 0 Å². The number of carbonyl (C=O) groups excluding carboxylic acids is 1. The Morgan fingerprint density at radius 1 is 0.913 bits per heavy atom. The first-order valence-electron chi connectivity index (χ1n) is 10.0. The minimum absolute atomic E-state index is 0.0889. The first kappa shape index (κ1) is 15.9. The maximum absolute atomic E-state index is 12.3. The third-order valence-electron chi connectivity index (χ3n) is 9.04. The fourth-order valence-electron chi connectivity index (χ4n) is 7.83. The monoisotopic (exact) mass is 318 g/mol. The van der Waals surface area contributed by atoms with Gasteiger partial charge in [-0.2, -0.15) is 0 Å². The molecule has 0 spiro atoms. The SMILES string of the molecule is C[C@]12CCCC[C@@H]1CC[C@H]1[C@H]2CC[C@]2(C)[C@@H](C(=O)NN)CC[C@@H]12. The van der Waals surface area contributed by atoms with E-state index in [4.69, 9.17) is 5.84 Å². The highest BCUT2D eigenvalue weighted by molar-refractivity contribution is 5.79. The van der Waals surface area contributed by atoms with E-state index in [2.05, 4.69) is 19.3 Å². The molecule has 3 nitrogen and oxygen atoms in total. The summed E-state index contributed by atoms with van der Waals surface area (Å²) < 4.78 is 0. The van der Waals surface area contributed by atoms with Crippen LogP contribution in [0.4, 0.5) is 0 Å². The van der Waals surface area contributed by atoms with Gasteiger partial charge in [-0.05, 0) is 85.9 Å². The lowest BCUT2D eigenvalue weighted by Crippen LogP contribution is -2.54. The van der Waals surface area contributed by atoms with Crippen molar-refractivity contribution in [3.05, 3.63) is 0 Å². The largest absolute Gasteiger partial charge is 0.294 e. The summed E-state index contributed by atoms with van der Waals surface area (Å²) in [4.78, 5) is 12.3. The topological polar surface area (TPSA) is 55.1 Å². The van der Waals surface area contributed by atoms with Gasteiger partial charge in [0.1, 0.15) is 0 Å². The molecule has 3 N–H and O–H groups in total. The van der Waals surface area contributed by atoms with Crippen LogP contribution in [0, 0.1) is 40.4 Å². The lowest BCUT2D eigenvalue weighted by Gasteiger charge is -2.60. The van der Waals surface area contributed by atoms with Crippen LogP contribution in [0.1, 0.15) is 78.1 Å². The second kappa shape index (κ2) is 5.47. The highest BCUT2D eigenvalue weighted by Crippen LogP contribution is 2.67. The standard InChI is InChI=1S/C20H34N2O/c1-19-11-4-3-5-13(19)6-7-14-15-8-9-17(18(23)22-21)20(15,2)12-10-16(14)19/h13-17H,3-12,21H2,1-2H3,(H,22,23)/t13-,14-,15+,16-,17-,19+,20+/m1/s1. The summed E-state index contributed by atoms with van der Waals surface area (Å²) in [7, 11) is 0. The van der Waals surface area contributed by atoms with Gasteiger partial charge in [0.25, 0.3) is 0 Å². The molecule has 0 heterocycles. The van der Waals surface area contributed by atoms with Crippen molar-refractivity contribution >= 4 is 5.91 Å². The number of rotatable bonds is 1. The van der Waals surface area contributed by atoms with Crippen molar-refractivity contribution in [2.45, 2.75) is 78.1 Å². The Hall–Kier alpha value is -0.570.